The Balaban J connectivity index is 1.99. The SMILES string of the molecule is CCCC1CC(CC)C12c1ccccc1-c1ccncc12. The van der Waals surface area contributed by atoms with Gasteiger partial charge in [0.05, 0.1) is 0 Å². The average Bonchev–Trinajstić information content (AvgIpc) is 2.84. The lowest BCUT2D eigenvalue weighted by atomic mass is 9.47. The highest BCUT2D eigenvalue weighted by molar-refractivity contribution is 5.81. The Hall–Kier alpha value is -1.63. The van der Waals surface area contributed by atoms with Gasteiger partial charge in [-0.3, -0.25) is 4.98 Å². The molecule has 0 N–H and O–H groups in total. The summed E-state index contributed by atoms with van der Waals surface area (Å²) in [7, 11) is 0. The molecule has 1 aromatic carbocycles. The second-order valence-electron chi connectivity index (χ2n) is 6.66. The second-order valence-corrected chi connectivity index (χ2v) is 6.66. The van der Waals surface area contributed by atoms with Crippen molar-refractivity contribution in [1.29, 1.82) is 0 Å². The van der Waals surface area contributed by atoms with Gasteiger partial charge in [0.1, 0.15) is 0 Å². The number of hydrogen-bond acceptors (Lipinski definition) is 1. The number of fused-ring (bicyclic) bond motifs is 5. The monoisotopic (exact) mass is 277 g/mol. The third kappa shape index (κ3) is 1.50. The number of rotatable bonds is 3. The van der Waals surface area contributed by atoms with Gasteiger partial charge in [0.2, 0.25) is 0 Å². The Bertz CT molecular complexity index is 628. The van der Waals surface area contributed by atoms with E-state index in [2.05, 4.69) is 55.4 Å². The third-order valence-corrected chi connectivity index (χ3v) is 5.92. The summed E-state index contributed by atoms with van der Waals surface area (Å²) < 4.78 is 0. The van der Waals surface area contributed by atoms with E-state index in [1.165, 1.54) is 42.4 Å². The summed E-state index contributed by atoms with van der Waals surface area (Å²) in [6.07, 6.45) is 9.36. The molecule has 1 aromatic heterocycles. The fourth-order valence-corrected chi connectivity index (χ4v) is 5.13. The molecule has 1 nitrogen and oxygen atoms in total. The lowest BCUT2D eigenvalue weighted by Gasteiger charge is -2.56. The van der Waals surface area contributed by atoms with Crippen LogP contribution in [0.25, 0.3) is 11.1 Å². The molecule has 3 unspecified atom stereocenters. The lowest BCUT2D eigenvalue weighted by molar-refractivity contribution is 0.0534. The zero-order valence-corrected chi connectivity index (χ0v) is 13.0. The van der Waals surface area contributed by atoms with Crippen LogP contribution in [-0.2, 0) is 5.41 Å². The summed E-state index contributed by atoms with van der Waals surface area (Å²) in [6, 6.07) is 11.3. The Labute approximate surface area is 127 Å². The van der Waals surface area contributed by atoms with Gasteiger partial charge < -0.3 is 0 Å². The number of pyridine rings is 1. The highest BCUT2D eigenvalue weighted by Gasteiger charge is 2.59. The predicted octanol–water partition coefficient (Wildman–Crippen LogP) is 5.19. The first-order chi connectivity index (χ1) is 10.3. The van der Waals surface area contributed by atoms with Crippen molar-refractivity contribution in [3.63, 3.8) is 0 Å². The van der Waals surface area contributed by atoms with Gasteiger partial charge in [0.25, 0.3) is 0 Å². The van der Waals surface area contributed by atoms with Crippen LogP contribution in [0.5, 0.6) is 0 Å². The highest BCUT2D eigenvalue weighted by Crippen LogP contribution is 2.66. The van der Waals surface area contributed by atoms with Crippen molar-refractivity contribution in [3.8, 4) is 11.1 Å². The minimum Gasteiger partial charge on any atom is -0.264 e. The van der Waals surface area contributed by atoms with Crippen LogP contribution < -0.4 is 0 Å². The molecule has 0 radical (unpaired) electrons. The molecule has 3 atom stereocenters. The van der Waals surface area contributed by atoms with E-state index in [0.29, 0.717) is 0 Å². The van der Waals surface area contributed by atoms with Crippen LogP contribution in [0.3, 0.4) is 0 Å². The number of benzene rings is 1. The van der Waals surface area contributed by atoms with Gasteiger partial charge >= 0.3 is 0 Å². The van der Waals surface area contributed by atoms with Gasteiger partial charge in [-0.1, -0.05) is 51.0 Å². The van der Waals surface area contributed by atoms with Crippen LogP contribution in [0.4, 0.5) is 0 Å². The molecule has 1 saturated carbocycles. The molecule has 2 aromatic rings. The summed E-state index contributed by atoms with van der Waals surface area (Å²) >= 11 is 0. The van der Waals surface area contributed by atoms with Crippen molar-refractivity contribution in [2.45, 2.75) is 44.9 Å². The molecule has 1 heteroatoms. The molecule has 4 rings (SSSR count). The Morgan fingerprint density at radius 3 is 2.67 bits per heavy atom. The topological polar surface area (TPSA) is 12.9 Å². The first-order valence-electron chi connectivity index (χ1n) is 8.38. The zero-order valence-electron chi connectivity index (χ0n) is 13.0. The molecule has 108 valence electrons. The molecule has 0 aliphatic heterocycles. The van der Waals surface area contributed by atoms with E-state index >= 15 is 0 Å². The lowest BCUT2D eigenvalue weighted by Crippen LogP contribution is -2.52. The van der Waals surface area contributed by atoms with E-state index in [4.69, 9.17) is 0 Å². The molecule has 1 fully saturated rings. The summed E-state index contributed by atoms with van der Waals surface area (Å²) in [5.74, 6) is 1.57. The fraction of sp³-hybridized carbons (Fsp3) is 0.450. The van der Waals surface area contributed by atoms with E-state index in [1.807, 2.05) is 6.20 Å². The summed E-state index contributed by atoms with van der Waals surface area (Å²) in [5.41, 5.74) is 6.21. The van der Waals surface area contributed by atoms with Crippen LogP contribution in [-0.4, -0.2) is 4.98 Å². The normalized spacial score (nSPS) is 29.0. The smallest absolute Gasteiger partial charge is 0.0315 e. The van der Waals surface area contributed by atoms with Crippen LogP contribution in [0.15, 0.2) is 42.7 Å². The number of aromatic nitrogens is 1. The average molecular weight is 277 g/mol. The molecule has 21 heavy (non-hydrogen) atoms. The van der Waals surface area contributed by atoms with Crippen LogP contribution >= 0.6 is 0 Å². The summed E-state index contributed by atoms with van der Waals surface area (Å²) in [5, 5.41) is 0. The standard InChI is InChI=1S/C20H23N/c1-3-7-15-12-14(4-2)20(15)18-9-6-5-8-16(18)17-10-11-21-13-19(17)20/h5-6,8-11,13-15H,3-4,7,12H2,1-2H3. The van der Waals surface area contributed by atoms with E-state index in [1.54, 1.807) is 5.56 Å². The first kappa shape index (κ1) is 13.1. The Morgan fingerprint density at radius 2 is 1.86 bits per heavy atom. The van der Waals surface area contributed by atoms with Gasteiger partial charge in [0, 0.05) is 17.8 Å². The molecule has 1 spiro atoms. The molecule has 0 saturated heterocycles. The highest BCUT2D eigenvalue weighted by atomic mass is 14.7. The molecular weight excluding hydrogens is 254 g/mol. The van der Waals surface area contributed by atoms with Crippen molar-refractivity contribution in [1.82, 2.24) is 4.98 Å². The zero-order chi connectivity index (χ0) is 14.4. The molecule has 2 aliphatic rings. The van der Waals surface area contributed by atoms with Crippen molar-refractivity contribution < 1.29 is 0 Å². The second kappa shape index (κ2) is 4.69. The molecule has 2 aliphatic carbocycles. The van der Waals surface area contributed by atoms with Crippen molar-refractivity contribution >= 4 is 0 Å². The quantitative estimate of drug-likeness (QED) is 0.752. The Morgan fingerprint density at radius 1 is 1.05 bits per heavy atom. The number of hydrogen-bond donors (Lipinski definition) is 0. The fourth-order valence-electron chi connectivity index (χ4n) is 5.13. The van der Waals surface area contributed by atoms with Crippen LogP contribution in [0, 0.1) is 11.8 Å². The van der Waals surface area contributed by atoms with Gasteiger partial charge in [0.15, 0.2) is 0 Å². The van der Waals surface area contributed by atoms with Crippen molar-refractivity contribution in [3.05, 3.63) is 53.9 Å². The summed E-state index contributed by atoms with van der Waals surface area (Å²) in [4.78, 5) is 4.48. The first-order valence-corrected chi connectivity index (χ1v) is 8.38. The van der Waals surface area contributed by atoms with Crippen molar-refractivity contribution in [2.75, 3.05) is 0 Å². The van der Waals surface area contributed by atoms with E-state index in [9.17, 15) is 0 Å². The maximum Gasteiger partial charge on any atom is 0.0315 e. The van der Waals surface area contributed by atoms with Gasteiger partial charge in [-0.25, -0.2) is 0 Å². The minimum atomic E-state index is 0.255. The van der Waals surface area contributed by atoms with Gasteiger partial charge in [-0.2, -0.15) is 0 Å². The molecule has 0 amide bonds. The number of nitrogens with zero attached hydrogens (tertiary/aromatic N) is 1. The van der Waals surface area contributed by atoms with E-state index in [-0.39, 0.29) is 5.41 Å². The van der Waals surface area contributed by atoms with Gasteiger partial charge in [-0.05, 0) is 53.0 Å². The maximum absolute atomic E-state index is 4.48. The van der Waals surface area contributed by atoms with Gasteiger partial charge in [-0.15, -0.1) is 0 Å². The maximum atomic E-state index is 4.48. The van der Waals surface area contributed by atoms with E-state index in [0.717, 1.165) is 11.8 Å². The minimum absolute atomic E-state index is 0.255. The van der Waals surface area contributed by atoms with Crippen LogP contribution in [0.2, 0.25) is 0 Å². The van der Waals surface area contributed by atoms with Crippen molar-refractivity contribution in [2.24, 2.45) is 11.8 Å². The Kier molecular flexibility index (Phi) is 2.92. The predicted molar refractivity (Wildman–Crippen MR) is 87.2 cm³/mol. The largest absolute Gasteiger partial charge is 0.264 e. The molecular formula is C20H23N. The van der Waals surface area contributed by atoms with E-state index < -0.39 is 0 Å². The molecule has 0 bridgehead atoms. The molecule has 1 heterocycles. The summed E-state index contributed by atoms with van der Waals surface area (Å²) in [6.45, 7) is 4.67. The third-order valence-electron chi connectivity index (χ3n) is 5.92. The van der Waals surface area contributed by atoms with Crippen LogP contribution in [0.1, 0.15) is 50.7 Å².